The number of hydrogen-bond donors (Lipinski definition) is 1. The Balaban J connectivity index is 1.61. The molecule has 0 aliphatic heterocycles. The number of hydrogen-bond acceptors (Lipinski definition) is 5. The van der Waals surface area contributed by atoms with E-state index in [1.165, 1.54) is 29.2 Å². The third-order valence-electron chi connectivity index (χ3n) is 8.69. The van der Waals surface area contributed by atoms with Crippen molar-refractivity contribution < 1.29 is 22.7 Å². The number of carbonyl (C=O) groups excluding carboxylic acids is 2. The average Bonchev–Trinajstić information content (AvgIpc) is 3.11. The molecule has 8 nitrogen and oxygen atoms in total. The second-order valence-corrected chi connectivity index (χ2v) is 15.3. The van der Waals surface area contributed by atoms with Gasteiger partial charge in [-0.05, 0) is 79.4 Å². The first-order valence-corrected chi connectivity index (χ1v) is 19.2. The summed E-state index contributed by atoms with van der Waals surface area (Å²) in [5.74, 6) is -0.649. The predicted octanol–water partition coefficient (Wildman–Crippen LogP) is 8.33. The van der Waals surface area contributed by atoms with Crippen LogP contribution in [0.15, 0.2) is 102 Å². The van der Waals surface area contributed by atoms with E-state index in [0.29, 0.717) is 20.6 Å². The first-order valence-electron chi connectivity index (χ1n) is 16.6. The van der Waals surface area contributed by atoms with Crippen LogP contribution in [0.3, 0.4) is 0 Å². The normalized spacial score (nSPS) is 14.1. The number of nitrogens with zero attached hydrogens (tertiary/aromatic N) is 2. The van der Waals surface area contributed by atoms with Crippen molar-refractivity contribution in [3.63, 3.8) is 0 Å². The highest BCUT2D eigenvalue weighted by Gasteiger charge is 2.36. The number of para-hydroxylation sites is 2. The van der Waals surface area contributed by atoms with Gasteiger partial charge in [0.15, 0.2) is 0 Å². The average molecular weight is 757 g/mol. The lowest BCUT2D eigenvalue weighted by molar-refractivity contribution is -0.140. The largest absolute Gasteiger partial charge is 0.492 e. The summed E-state index contributed by atoms with van der Waals surface area (Å²) in [6.45, 7) is 1.34. The van der Waals surface area contributed by atoms with Crippen molar-refractivity contribution in [3.05, 3.63) is 123 Å². The fourth-order valence-corrected chi connectivity index (χ4v) is 8.14. The minimum Gasteiger partial charge on any atom is -0.492 e. The second kappa shape index (κ2) is 17.4. The van der Waals surface area contributed by atoms with Crippen LogP contribution in [0.2, 0.25) is 15.1 Å². The first kappa shape index (κ1) is 37.5. The summed E-state index contributed by atoms with van der Waals surface area (Å²) >= 11 is 19.0. The molecule has 5 rings (SSSR count). The molecule has 0 spiro atoms. The quantitative estimate of drug-likeness (QED) is 0.140. The van der Waals surface area contributed by atoms with Crippen molar-refractivity contribution in [1.29, 1.82) is 0 Å². The number of anilines is 1. The molecule has 1 atom stereocenters. The summed E-state index contributed by atoms with van der Waals surface area (Å²) in [5, 5.41) is 4.30. The third kappa shape index (κ3) is 9.51. The summed E-state index contributed by atoms with van der Waals surface area (Å²) < 4.78 is 35.7. The van der Waals surface area contributed by atoms with Gasteiger partial charge in [0, 0.05) is 34.1 Å². The van der Waals surface area contributed by atoms with Gasteiger partial charge in [-0.15, -0.1) is 0 Å². The lowest BCUT2D eigenvalue weighted by atomic mass is 9.94. The number of halogens is 3. The zero-order valence-electron chi connectivity index (χ0n) is 27.7. The fourth-order valence-electron chi connectivity index (χ4n) is 6.12. The Morgan fingerprint density at radius 1 is 0.860 bits per heavy atom. The predicted molar refractivity (Wildman–Crippen MR) is 200 cm³/mol. The van der Waals surface area contributed by atoms with Crippen LogP contribution in [0.4, 0.5) is 5.69 Å². The molecule has 0 saturated heterocycles. The maximum atomic E-state index is 14.8. The Labute approximate surface area is 309 Å². The third-order valence-corrected chi connectivity index (χ3v) is 11.3. The minimum atomic E-state index is -4.35. The lowest BCUT2D eigenvalue weighted by Gasteiger charge is -2.35. The summed E-state index contributed by atoms with van der Waals surface area (Å²) in [4.78, 5) is 30.5. The van der Waals surface area contributed by atoms with Crippen LogP contribution in [-0.4, -0.2) is 50.4 Å². The Bertz CT molecular complexity index is 1870. The van der Waals surface area contributed by atoms with E-state index in [0.717, 1.165) is 42.0 Å². The highest BCUT2D eigenvalue weighted by molar-refractivity contribution is 7.92. The number of nitrogens with one attached hydrogen (secondary N) is 1. The van der Waals surface area contributed by atoms with E-state index in [-0.39, 0.29) is 47.9 Å². The van der Waals surface area contributed by atoms with E-state index in [2.05, 4.69) is 5.32 Å². The molecule has 1 aliphatic carbocycles. The molecule has 1 saturated carbocycles. The van der Waals surface area contributed by atoms with E-state index in [1.54, 1.807) is 49.4 Å². The zero-order valence-corrected chi connectivity index (χ0v) is 30.8. The monoisotopic (exact) mass is 755 g/mol. The van der Waals surface area contributed by atoms with Gasteiger partial charge < -0.3 is 15.0 Å². The number of rotatable bonds is 14. The van der Waals surface area contributed by atoms with E-state index >= 15 is 0 Å². The second-order valence-electron chi connectivity index (χ2n) is 12.2. The molecule has 2 amide bonds. The van der Waals surface area contributed by atoms with Crippen molar-refractivity contribution in [3.8, 4) is 5.75 Å². The molecular formula is C38H40Cl3N3O5S. The SMILES string of the molecule is CCOc1ccccc1N(CC(=O)N(Cc1ccc(Cl)cc1Cl)C(Cc1ccccc1)C(=O)NC1CCCCC1)S(=O)(=O)c1ccc(Cl)cc1. The summed E-state index contributed by atoms with van der Waals surface area (Å²) in [5.41, 5.74) is 1.56. The van der Waals surface area contributed by atoms with Gasteiger partial charge in [-0.2, -0.15) is 0 Å². The Morgan fingerprint density at radius 2 is 1.52 bits per heavy atom. The minimum absolute atomic E-state index is 0.0227. The van der Waals surface area contributed by atoms with Crippen molar-refractivity contribution in [2.45, 2.75) is 69.0 Å². The maximum Gasteiger partial charge on any atom is 0.264 e. The van der Waals surface area contributed by atoms with Gasteiger partial charge in [0.2, 0.25) is 11.8 Å². The molecule has 50 heavy (non-hydrogen) atoms. The molecule has 264 valence electrons. The number of benzene rings is 4. The van der Waals surface area contributed by atoms with Gasteiger partial charge in [-0.3, -0.25) is 13.9 Å². The van der Waals surface area contributed by atoms with Gasteiger partial charge in [0.1, 0.15) is 18.3 Å². The first-order chi connectivity index (χ1) is 24.1. The molecule has 1 N–H and O–H groups in total. The van der Waals surface area contributed by atoms with Crippen LogP contribution in [0.1, 0.15) is 50.2 Å². The lowest BCUT2D eigenvalue weighted by Crippen LogP contribution is -2.55. The van der Waals surface area contributed by atoms with Crippen LogP contribution >= 0.6 is 34.8 Å². The topological polar surface area (TPSA) is 96.0 Å². The highest BCUT2D eigenvalue weighted by Crippen LogP contribution is 2.34. The summed E-state index contributed by atoms with van der Waals surface area (Å²) in [6, 6.07) is 25.7. The number of sulfonamides is 1. The molecule has 1 unspecified atom stereocenters. The molecule has 4 aromatic rings. The number of carbonyl (C=O) groups is 2. The zero-order chi connectivity index (χ0) is 35.7. The van der Waals surface area contributed by atoms with Gasteiger partial charge in [-0.25, -0.2) is 8.42 Å². The molecule has 1 fully saturated rings. The van der Waals surface area contributed by atoms with E-state index < -0.39 is 28.5 Å². The Hall–Kier alpha value is -3.76. The van der Waals surface area contributed by atoms with Crippen LogP contribution in [0.25, 0.3) is 0 Å². The number of amides is 2. The van der Waals surface area contributed by atoms with Gasteiger partial charge in [-0.1, -0.05) is 103 Å². The van der Waals surface area contributed by atoms with Crippen molar-refractivity contribution in [2.24, 2.45) is 0 Å². The number of ether oxygens (including phenoxy) is 1. The summed E-state index contributed by atoms with van der Waals surface area (Å²) in [6.07, 6.45) is 5.02. The highest BCUT2D eigenvalue weighted by atomic mass is 35.5. The van der Waals surface area contributed by atoms with Crippen molar-refractivity contribution >= 4 is 62.3 Å². The van der Waals surface area contributed by atoms with Crippen molar-refractivity contribution in [2.75, 3.05) is 17.5 Å². The fraction of sp³-hybridized carbons (Fsp3) is 0.316. The van der Waals surface area contributed by atoms with Crippen LogP contribution in [0.5, 0.6) is 5.75 Å². The smallest absolute Gasteiger partial charge is 0.264 e. The van der Waals surface area contributed by atoms with Crippen LogP contribution in [-0.2, 0) is 32.6 Å². The van der Waals surface area contributed by atoms with E-state index in [4.69, 9.17) is 39.5 Å². The molecule has 0 heterocycles. The Morgan fingerprint density at radius 3 is 2.20 bits per heavy atom. The molecule has 4 aromatic carbocycles. The Kier molecular flexibility index (Phi) is 13.1. The standard InChI is InChI=1S/C38H40Cl3N3O5S/c1-2-49-36-16-10-9-15-34(36)44(50(47,48)32-21-19-29(39)20-22-32)26-37(45)43(25-28-17-18-30(40)24-33(28)41)35(23-27-11-5-3-6-12-27)38(46)42-31-13-7-4-8-14-31/h3,5-6,9-12,15-22,24,31,35H,2,4,7-8,13-14,23,25-26H2,1H3,(H,42,46). The molecule has 0 bridgehead atoms. The molecule has 0 aromatic heterocycles. The van der Waals surface area contributed by atoms with Crippen LogP contribution in [0, 0.1) is 0 Å². The maximum absolute atomic E-state index is 14.8. The molecule has 1 aliphatic rings. The van der Waals surface area contributed by atoms with Gasteiger partial charge in [0.05, 0.1) is 17.2 Å². The molecule has 12 heteroatoms. The van der Waals surface area contributed by atoms with Gasteiger partial charge in [0.25, 0.3) is 10.0 Å². The van der Waals surface area contributed by atoms with E-state index in [1.807, 2.05) is 30.3 Å². The van der Waals surface area contributed by atoms with E-state index in [9.17, 15) is 18.0 Å². The van der Waals surface area contributed by atoms with Crippen molar-refractivity contribution in [1.82, 2.24) is 10.2 Å². The molecular weight excluding hydrogens is 717 g/mol. The molecule has 0 radical (unpaired) electrons. The summed E-state index contributed by atoms with van der Waals surface area (Å²) in [7, 11) is -4.35. The van der Waals surface area contributed by atoms with Gasteiger partial charge >= 0.3 is 0 Å². The van der Waals surface area contributed by atoms with Crippen LogP contribution < -0.4 is 14.4 Å².